The molecule has 1 aliphatic rings. The molecule has 0 fully saturated rings. The van der Waals surface area contributed by atoms with E-state index in [-0.39, 0.29) is 22.0 Å². The topological polar surface area (TPSA) is 47.6 Å². The van der Waals surface area contributed by atoms with Gasteiger partial charge < -0.3 is 4.90 Å². The second-order valence-electron chi connectivity index (χ2n) is 7.52. The molecule has 4 rings (SSSR count). The van der Waals surface area contributed by atoms with Crippen LogP contribution in [0.25, 0.3) is 15.7 Å². The lowest BCUT2D eigenvalue weighted by Gasteiger charge is -2.33. The number of hydrogen-bond acceptors (Lipinski definition) is 3. The third-order valence-electron chi connectivity index (χ3n) is 5.43. The highest BCUT2D eigenvalue weighted by Gasteiger charge is 2.47. The number of thioether (sulfide) groups is 1. The maximum absolute atomic E-state index is 13.4. The zero-order chi connectivity index (χ0) is 20.5. The first kappa shape index (κ1) is 19.6. The maximum atomic E-state index is 13.4. The molecule has 0 aromatic heterocycles. The van der Waals surface area contributed by atoms with Crippen LogP contribution in [0, 0.1) is 15.9 Å². The normalized spacial score (nSPS) is 21.9. The van der Waals surface area contributed by atoms with Gasteiger partial charge in [-0.05, 0) is 40.1 Å². The predicted octanol–water partition coefficient (Wildman–Crippen LogP) is 3.97. The van der Waals surface area contributed by atoms with Crippen LogP contribution in [0.15, 0.2) is 72.8 Å². The summed E-state index contributed by atoms with van der Waals surface area (Å²) in [6.45, 7) is 0. The van der Waals surface area contributed by atoms with Gasteiger partial charge in [-0.3, -0.25) is 10.1 Å². The first-order chi connectivity index (χ1) is 14.0. The zero-order valence-corrected chi connectivity index (χ0v) is 17.0. The second kappa shape index (κ2) is 7.97. The summed E-state index contributed by atoms with van der Waals surface area (Å²) in [5.41, 5.74) is 1.85. The highest BCUT2D eigenvalue weighted by molar-refractivity contribution is 8.08. The number of nitrogens with zero attached hydrogens (tertiary/aromatic N) is 1. The smallest absolute Gasteiger partial charge is 0.283 e. The van der Waals surface area contributed by atoms with E-state index in [0.29, 0.717) is 0 Å². The van der Waals surface area contributed by atoms with Crippen molar-refractivity contribution in [2.75, 3.05) is 14.1 Å². The van der Waals surface area contributed by atoms with E-state index in [0.717, 1.165) is 31.7 Å². The summed E-state index contributed by atoms with van der Waals surface area (Å²) in [5.74, 6) is -0.293. The Bertz CT molecular complexity index is 1080. The third-order valence-corrected chi connectivity index (χ3v) is 6.84. The molecular formula is C23H22FN2O2S+. The summed E-state index contributed by atoms with van der Waals surface area (Å²) in [4.78, 5) is 14.0. The molecule has 0 saturated carbocycles. The first-order valence-corrected chi connectivity index (χ1v) is 10.4. The van der Waals surface area contributed by atoms with Gasteiger partial charge in [0.25, 0.3) is 6.04 Å². The number of halogens is 1. The maximum Gasteiger partial charge on any atom is 0.283 e. The molecular weight excluding hydrogens is 387 g/mol. The highest BCUT2D eigenvalue weighted by atomic mass is 32.2. The van der Waals surface area contributed by atoms with E-state index in [1.54, 1.807) is 12.1 Å². The van der Waals surface area contributed by atoms with Crippen molar-refractivity contribution in [3.05, 3.63) is 99.9 Å². The Morgan fingerprint density at radius 1 is 1.00 bits per heavy atom. The van der Waals surface area contributed by atoms with Crippen LogP contribution in [-0.2, 0) is 0 Å². The van der Waals surface area contributed by atoms with Crippen LogP contribution in [0.1, 0.15) is 16.4 Å². The zero-order valence-electron chi connectivity index (χ0n) is 16.2. The van der Waals surface area contributed by atoms with Crippen LogP contribution >= 0.6 is 11.8 Å². The van der Waals surface area contributed by atoms with Crippen molar-refractivity contribution < 1.29 is 14.2 Å². The van der Waals surface area contributed by atoms with E-state index in [1.807, 2.05) is 62.6 Å². The molecule has 6 heteroatoms. The molecule has 0 radical (unpaired) electrons. The van der Waals surface area contributed by atoms with Gasteiger partial charge >= 0.3 is 0 Å². The molecule has 148 valence electrons. The Morgan fingerprint density at radius 2 is 1.69 bits per heavy atom. The number of hydrogen-bond donors (Lipinski definition) is 1. The van der Waals surface area contributed by atoms with E-state index >= 15 is 0 Å². The molecule has 0 saturated heterocycles. The van der Waals surface area contributed by atoms with Gasteiger partial charge in [0, 0.05) is 9.83 Å². The lowest BCUT2D eigenvalue weighted by Crippen LogP contribution is -3.11. The minimum absolute atomic E-state index is 0.144. The molecule has 4 nitrogen and oxygen atoms in total. The largest absolute Gasteiger partial charge is 0.328 e. The van der Waals surface area contributed by atoms with E-state index in [1.165, 1.54) is 23.9 Å². The second-order valence-corrected chi connectivity index (χ2v) is 8.71. The van der Waals surface area contributed by atoms with Gasteiger partial charge in [0.2, 0.25) is 0 Å². The monoisotopic (exact) mass is 409 g/mol. The molecule has 0 bridgehead atoms. The number of fused-ring (bicyclic) bond motifs is 1. The molecule has 3 aromatic rings. The van der Waals surface area contributed by atoms with E-state index in [4.69, 9.17) is 0 Å². The van der Waals surface area contributed by atoms with Gasteiger partial charge in [0.15, 0.2) is 6.04 Å². The molecule has 0 amide bonds. The number of benzene rings is 3. The SMILES string of the molecule is C[NH+](C)[C@@H]1C=C(c2ccc(F)cc2)S[C@H](c2cccc3ccccc23)[C@@H]1[N+](=O)[O-]. The molecule has 1 aliphatic heterocycles. The summed E-state index contributed by atoms with van der Waals surface area (Å²) in [6, 6.07) is 19.2. The summed E-state index contributed by atoms with van der Waals surface area (Å²) in [5, 5.41) is 13.9. The van der Waals surface area contributed by atoms with Crippen molar-refractivity contribution in [2.45, 2.75) is 17.3 Å². The Kier molecular flexibility index (Phi) is 5.39. The van der Waals surface area contributed by atoms with Crippen molar-refractivity contribution >= 4 is 27.4 Å². The quantitative estimate of drug-likeness (QED) is 0.524. The Hall–Kier alpha value is -2.70. The van der Waals surface area contributed by atoms with Crippen molar-refractivity contribution in [2.24, 2.45) is 0 Å². The van der Waals surface area contributed by atoms with Crippen LogP contribution in [0.5, 0.6) is 0 Å². The van der Waals surface area contributed by atoms with Crippen molar-refractivity contribution in [1.29, 1.82) is 0 Å². The number of nitrogens with one attached hydrogen (secondary N) is 1. The van der Waals surface area contributed by atoms with Gasteiger partial charge in [-0.25, -0.2) is 4.39 Å². The summed E-state index contributed by atoms with van der Waals surface area (Å²) in [7, 11) is 3.88. The van der Waals surface area contributed by atoms with E-state index in [9.17, 15) is 14.5 Å². The fourth-order valence-electron chi connectivity index (χ4n) is 3.97. The van der Waals surface area contributed by atoms with E-state index < -0.39 is 6.04 Å². The summed E-state index contributed by atoms with van der Waals surface area (Å²) < 4.78 is 13.4. The summed E-state index contributed by atoms with van der Waals surface area (Å²) >= 11 is 1.50. The Morgan fingerprint density at radius 3 is 2.38 bits per heavy atom. The molecule has 1 N–H and O–H groups in total. The molecule has 29 heavy (non-hydrogen) atoms. The van der Waals surface area contributed by atoms with E-state index in [2.05, 4.69) is 0 Å². The average molecular weight is 410 g/mol. The number of quaternary nitrogens is 1. The molecule has 3 aromatic carbocycles. The van der Waals surface area contributed by atoms with Crippen LogP contribution in [0.4, 0.5) is 4.39 Å². The molecule has 0 unspecified atom stereocenters. The van der Waals surface area contributed by atoms with Crippen LogP contribution in [0.3, 0.4) is 0 Å². The van der Waals surface area contributed by atoms with Crippen molar-refractivity contribution in [3.63, 3.8) is 0 Å². The standard InChI is InChI=1S/C23H21FN2O2S/c1-25(2)20-14-21(16-10-12-17(24)13-11-16)29-23(22(20)26(27)28)19-9-5-7-15-6-3-4-8-18(15)19/h3-14,20,22-23H,1-2H3/p+1/t20-,22-,23-/m1/s1. The van der Waals surface area contributed by atoms with Crippen LogP contribution in [0.2, 0.25) is 0 Å². The van der Waals surface area contributed by atoms with Crippen molar-refractivity contribution in [3.8, 4) is 0 Å². The summed E-state index contributed by atoms with van der Waals surface area (Å²) in [6.07, 6.45) is 1.97. The third kappa shape index (κ3) is 3.78. The lowest BCUT2D eigenvalue weighted by molar-refractivity contribution is -0.892. The lowest BCUT2D eigenvalue weighted by atomic mass is 9.93. The minimum Gasteiger partial charge on any atom is -0.328 e. The number of nitro groups is 1. The molecule has 3 atom stereocenters. The first-order valence-electron chi connectivity index (χ1n) is 9.51. The number of rotatable bonds is 4. The predicted molar refractivity (Wildman–Crippen MR) is 116 cm³/mol. The van der Waals surface area contributed by atoms with Crippen LogP contribution < -0.4 is 4.90 Å². The minimum atomic E-state index is -0.764. The molecule has 0 spiro atoms. The van der Waals surface area contributed by atoms with Gasteiger partial charge in [-0.1, -0.05) is 54.6 Å². The molecule has 1 heterocycles. The van der Waals surface area contributed by atoms with Gasteiger partial charge in [0.05, 0.1) is 14.1 Å². The fourth-order valence-corrected chi connectivity index (χ4v) is 5.48. The van der Waals surface area contributed by atoms with Gasteiger partial charge in [0.1, 0.15) is 11.1 Å². The number of likely N-dealkylation sites (N-methyl/N-ethyl adjacent to an activating group) is 1. The Labute approximate surface area is 173 Å². The Balaban J connectivity index is 1.88. The van der Waals surface area contributed by atoms with Crippen LogP contribution in [-0.4, -0.2) is 31.1 Å². The van der Waals surface area contributed by atoms with Crippen molar-refractivity contribution in [1.82, 2.24) is 0 Å². The van der Waals surface area contributed by atoms with Gasteiger partial charge in [-0.2, -0.15) is 0 Å². The highest BCUT2D eigenvalue weighted by Crippen LogP contribution is 2.48. The van der Waals surface area contributed by atoms with Gasteiger partial charge in [-0.15, -0.1) is 11.8 Å². The molecule has 0 aliphatic carbocycles. The average Bonchev–Trinajstić information content (AvgIpc) is 2.72. The fraction of sp³-hybridized carbons (Fsp3) is 0.217.